The quantitative estimate of drug-likeness (QED) is 0.0935. The largest absolute Gasteiger partial charge is 0.508 e. The number of aromatic hydroxyl groups is 3. The van der Waals surface area contributed by atoms with Crippen LogP contribution in [0.3, 0.4) is 0 Å². The summed E-state index contributed by atoms with van der Waals surface area (Å²) < 4.78 is 45.7. The van der Waals surface area contributed by atoms with Gasteiger partial charge in [-0.1, -0.05) is 0 Å². The second kappa shape index (κ2) is 16.1. The first-order valence-corrected chi connectivity index (χ1v) is 16.5. The van der Waals surface area contributed by atoms with Gasteiger partial charge in [-0.05, 0) is 18.2 Å². The van der Waals surface area contributed by atoms with Crippen molar-refractivity contribution in [2.45, 2.75) is 86.0 Å². The summed E-state index contributed by atoms with van der Waals surface area (Å²) in [4.78, 5) is 14.2. The average Bonchev–Trinajstić information content (AvgIpc) is 3.14. The van der Waals surface area contributed by atoms with Gasteiger partial charge < -0.3 is 98.9 Å². The number of hydrogen-bond acceptors (Lipinski definition) is 21. The Morgan fingerprint density at radius 3 is 2.06 bits per heavy atom. The third-order valence-corrected chi connectivity index (χ3v) is 9.28. The molecule has 298 valence electrons. The SMILES string of the molecule is COc1cc(-c2oc3cc(O)cc(O)c3c(=O)c2O[C@@H]2O[C@H](CO)[C@@H](O)[C@H](O[C@@H]3O[C@H](CO)[C@@H](O)[C@H](O)[C@H]3O)[C@H]2O[C@@H]2OC[C@@H](O)[C@H](O)[C@H]2O)ccc1O. The molecule has 3 aromatic rings. The number of fused-ring (bicyclic) bond motifs is 1. The molecular formula is C33H40O21. The van der Waals surface area contributed by atoms with Gasteiger partial charge in [-0.15, -0.1) is 0 Å². The molecule has 54 heavy (non-hydrogen) atoms. The molecule has 1 aromatic heterocycles. The standard InChI is InChI=1S/C33H40O21/c1-47-15-4-10(2-3-12(15)37)27-29(23(43)19-13(38)5-11(36)6-16(19)49-27)53-33-30(54-31-25(45)20(40)14(39)9-48-31)28(22(42)18(8-35)51-33)52-32-26(46)24(44)21(41)17(7-34)50-32/h2-6,14,17-18,20-22,24-26,28,30-42,44-46H,7-9H2,1H3/t14-,17-,18-,20+,21-,22-,24+,25-,26-,28+,30-,31+,32+,33+/m1/s1. The molecular weight excluding hydrogens is 732 g/mol. The first kappa shape index (κ1) is 39.8. The number of benzene rings is 2. The summed E-state index contributed by atoms with van der Waals surface area (Å²) in [5.41, 5.74) is -1.39. The van der Waals surface area contributed by atoms with Crippen molar-refractivity contribution < 1.29 is 98.9 Å². The van der Waals surface area contributed by atoms with Crippen molar-refractivity contribution in [1.29, 1.82) is 0 Å². The molecule has 3 saturated heterocycles. The normalized spacial score (nSPS) is 35.9. The Balaban J connectivity index is 1.48. The number of phenolic OH excluding ortho intramolecular Hbond substituents is 3. The predicted octanol–water partition coefficient (Wildman–Crippen LogP) is -3.95. The van der Waals surface area contributed by atoms with E-state index in [1.165, 1.54) is 25.3 Å². The number of rotatable bonds is 10. The van der Waals surface area contributed by atoms with Gasteiger partial charge in [0.1, 0.15) is 83.5 Å². The number of methoxy groups -OCH3 is 1. The van der Waals surface area contributed by atoms with Gasteiger partial charge in [0.25, 0.3) is 0 Å². The molecule has 21 heteroatoms. The van der Waals surface area contributed by atoms with Crippen LogP contribution in [0.4, 0.5) is 0 Å². The van der Waals surface area contributed by atoms with Crippen LogP contribution in [0.1, 0.15) is 0 Å². The highest BCUT2D eigenvalue weighted by Gasteiger charge is 2.54. The molecule has 3 aliphatic heterocycles. The Labute approximate surface area is 303 Å². The van der Waals surface area contributed by atoms with Crippen molar-refractivity contribution in [3.8, 4) is 40.1 Å². The van der Waals surface area contributed by atoms with Gasteiger partial charge in [-0.25, -0.2) is 0 Å². The van der Waals surface area contributed by atoms with Crippen LogP contribution in [0.15, 0.2) is 39.5 Å². The zero-order chi connectivity index (χ0) is 39.2. The van der Waals surface area contributed by atoms with Crippen LogP contribution in [0.2, 0.25) is 0 Å². The van der Waals surface area contributed by atoms with E-state index in [1.807, 2.05) is 0 Å². The van der Waals surface area contributed by atoms with Gasteiger partial charge >= 0.3 is 0 Å². The number of aliphatic hydroxyl groups excluding tert-OH is 9. The second-order valence-electron chi connectivity index (χ2n) is 12.8. The molecule has 3 aliphatic rings. The van der Waals surface area contributed by atoms with Crippen molar-refractivity contribution in [2.75, 3.05) is 26.9 Å². The molecule has 21 nitrogen and oxygen atoms in total. The van der Waals surface area contributed by atoms with Gasteiger partial charge in [0.2, 0.25) is 17.5 Å². The lowest BCUT2D eigenvalue weighted by Crippen LogP contribution is -2.67. The highest BCUT2D eigenvalue weighted by Crippen LogP contribution is 2.41. The first-order chi connectivity index (χ1) is 25.7. The molecule has 6 rings (SSSR count). The minimum atomic E-state index is -2.03. The van der Waals surface area contributed by atoms with Crippen molar-refractivity contribution in [3.05, 3.63) is 40.6 Å². The maximum Gasteiger partial charge on any atom is 0.239 e. The van der Waals surface area contributed by atoms with Crippen molar-refractivity contribution in [3.63, 3.8) is 0 Å². The number of phenols is 3. The number of aliphatic hydroxyl groups is 9. The Kier molecular flexibility index (Phi) is 11.8. The Hall–Kier alpha value is -3.91. The van der Waals surface area contributed by atoms with E-state index in [1.54, 1.807) is 0 Å². The smallest absolute Gasteiger partial charge is 0.239 e. The summed E-state index contributed by atoms with van der Waals surface area (Å²) >= 11 is 0. The Morgan fingerprint density at radius 1 is 0.722 bits per heavy atom. The summed E-state index contributed by atoms with van der Waals surface area (Å²) in [5, 5.41) is 125. The molecule has 0 bridgehead atoms. The van der Waals surface area contributed by atoms with E-state index in [-0.39, 0.29) is 22.6 Å². The van der Waals surface area contributed by atoms with Gasteiger partial charge in [-0.2, -0.15) is 0 Å². The van der Waals surface area contributed by atoms with E-state index in [0.29, 0.717) is 0 Å². The molecule has 0 unspecified atom stereocenters. The molecule has 12 N–H and O–H groups in total. The van der Waals surface area contributed by atoms with Crippen LogP contribution in [-0.2, 0) is 23.7 Å². The molecule has 14 atom stereocenters. The maximum absolute atomic E-state index is 14.2. The van der Waals surface area contributed by atoms with E-state index >= 15 is 0 Å². The molecule has 0 amide bonds. The summed E-state index contributed by atoms with van der Waals surface area (Å²) in [6.07, 6.45) is -25.9. The van der Waals surface area contributed by atoms with Crippen molar-refractivity contribution in [2.24, 2.45) is 0 Å². The monoisotopic (exact) mass is 772 g/mol. The maximum atomic E-state index is 14.2. The molecule has 0 radical (unpaired) electrons. The van der Waals surface area contributed by atoms with E-state index in [0.717, 1.165) is 12.1 Å². The molecule has 4 heterocycles. The number of hydrogen-bond donors (Lipinski definition) is 12. The molecule has 0 aliphatic carbocycles. The van der Waals surface area contributed by atoms with Gasteiger partial charge in [-0.3, -0.25) is 4.79 Å². The molecule has 0 spiro atoms. The van der Waals surface area contributed by atoms with Crippen molar-refractivity contribution >= 4 is 11.0 Å². The third-order valence-electron chi connectivity index (χ3n) is 9.28. The number of ether oxygens (including phenoxy) is 7. The summed E-state index contributed by atoms with van der Waals surface area (Å²) in [5.74, 6) is -2.77. The zero-order valence-electron chi connectivity index (χ0n) is 28.1. The average molecular weight is 773 g/mol. The minimum Gasteiger partial charge on any atom is -0.508 e. The Bertz CT molecular complexity index is 1830. The van der Waals surface area contributed by atoms with Crippen LogP contribution in [0, 0.1) is 0 Å². The summed E-state index contributed by atoms with van der Waals surface area (Å²) in [6, 6.07) is 5.59. The topological polar surface area (TPSA) is 338 Å². The van der Waals surface area contributed by atoms with Crippen LogP contribution < -0.4 is 14.9 Å². The first-order valence-electron chi connectivity index (χ1n) is 16.5. The minimum absolute atomic E-state index is 0.0192. The van der Waals surface area contributed by atoms with E-state index in [2.05, 4.69) is 0 Å². The lowest BCUT2D eigenvalue weighted by atomic mass is 9.96. The molecule has 0 saturated carbocycles. The lowest BCUT2D eigenvalue weighted by molar-refractivity contribution is -0.378. The lowest BCUT2D eigenvalue weighted by Gasteiger charge is -2.48. The highest BCUT2D eigenvalue weighted by molar-refractivity contribution is 5.88. The van der Waals surface area contributed by atoms with E-state index in [4.69, 9.17) is 37.6 Å². The van der Waals surface area contributed by atoms with Gasteiger partial charge in [0, 0.05) is 17.7 Å². The fourth-order valence-electron chi connectivity index (χ4n) is 6.33. The predicted molar refractivity (Wildman–Crippen MR) is 173 cm³/mol. The zero-order valence-corrected chi connectivity index (χ0v) is 28.1. The Morgan fingerprint density at radius 2 is 1.37 bits per heavy atom. The van der Waals surface area contributed by atoms with Crippen LogP contribution in [0.5, 0.6) is 28.7 Å². The van der Waals surface area contributed by atoms with E-state index < -0.39 is 140 Å². The van der Waals surface area contributed by atoms with Gasteiger partial charge in [0.15, 0.2) is 35.9 Å². The fourth-order valence-corrected chi connectivity index (χ4v) is 6.33. The van der Waals surface area contributed by atoms with Crippen LogP contribution in [0.25, 0.3) is 22.3 Å². The molecule has 2 aromatic carbocycles. The van der Waals surface area contributed by atoms with Gasteiger partial charge in [0.05, 0.1) is 26.9 Å². The van der Waals surface area contributed by atoms with Crippen LogP contribution in [-0.4, -0.2) is 174 Å². The fraction of sp³-hybridized carbons (Fsp3) is 0.545. The van der Waals surface area contributed by atoms with E-state index in [9.17, 15) is 66.1 Å². The summed E-state index contributed by atoms with van der Waals surface area (Å²) in [6.45, 7) is -2.39. The van der Waals surface area contributed by atoms with Crippen molar-refractivity contribution in [1.82, 2.24) is 0 Å². The molecule has 3 fully saturated rings. The summed E-state index contributed by atoms with van der Waals surface area (Å²) in [7, 11) is 1.24. The second-order valence-corrected chi connectivity index (χ2v) is 12.8. The third kappa shape index (κ3) is 7.39. The highest BCUT2D eigenvalue weighted by atomic mass is 16.8. The van der Waals surface area contributed by atoms with Crippen LogP contribution >= 0.6 is 0 Å².